The first-order chi connectivity index (χ1) is 7.65. The van der Waals surface area contributed by atoms with Crippen LogP contribution in [0.25, 0.3) is 6.08 Å². The highest BCUT2D eigenvalue weighted by atomic mass is 35.5. The van der Waals surface area contributed by atoms with E-state index in [0.717, 1.165) is 12.2 Å². The summed E-state index contributed by atoms with van der Waals surface area (Å²) in [5.74, 6) is 1.51. The average molecular weight is 239 g/mol. The van der Waals surface area contributed by atoms with Crippen molar-refractivity contribution in [2.75, 3.05) is 5.88 Å². The molecule has 0 fully saturated rings. The Hall–Kier alpha value is -0.950. The van der Waals surface area contributed by atoms with Gasteiger partial charge >= 0.3 is 0 Å². The molecule has 16 heavy (non-hydrogen) atoms. The van der Waals surface area contributed by atoms with Gasteiger partial charge in [0, 0.05) is 5.88 Å². The fourth-order valence-electron chi connectivity index (χ4n) is 1.39. The quantitative estimate of drug-likeness (QED) is 0.686. The number of alkyl halides is 1. The second-order valence-electron chi connectivity index (χ2n) is 4.03. The fourth-order valence-corrected chi connectivity index (χ4v) is 1.65. The monoisotopic (exact) mass is 238 g/mol. The molecule has 0 heterocycles. The minimum Gasteiger partial charge on any atom is -0.491 e. The fraction of sp³-hybridized carbons (Fsp3) is 0.429. The van der Waals surface area contributed by atoms with Crippen molar-refractivity contribution in [2.45, 2.75) is 33.3 Å². The molecule has 0 aromatic heterocycles. The van der Waals surface area contributed by atoms with E-state index in [-0.39, 0.29) is 6.10 Å². The zero-order chi connectivity index (χ0) is 12.0. The Bertz CT molecular complexity index is 332. The van der Waals surface area contributed by atoms with Gasteiger partial charge in [-0.05, 0) is 38.0 Å². The maximum atomic E-state index is 5.82. The van der Waals surface area contributed by atoms with Gasteiger partial charge in [0.05, 0.1) is 6.10 Å². The van der Waals surface area contributed by atoms with E-state index in [1.807, 2.05) is 26.0 Å². The normalized spacial score (nSPS) is 11.9. The predicted molar refractivity (Wildman–Crippen MR) is 71.2 cm³/mol. The van der Waals surface area contributed by atoms with E-state index < -0.39 is 0 Å². The largest absolute Gasteiger partial charge is 0.491 e. The summed E-state index contributed by atoms with van der Waals surface area (Å²) in [6.45, 7) is 6.16. The number of hydrogen-bond acceptors (Lipinski definition) is 1. The van der Waals surface area contributed by atoms with E-state index in [9.17, 15) is 0 Å². The van der Waals surface area contributed by atoms with Crippen molar-refractivity contribution in [2.24, 2.45) is 0 Å². The van der Waals surface area contributed by atoms with Crippen LogP contribution in [0.15, 0.2) is 29.8 Å². The van der Waals surface area contributed by atoms with Gasteiger partial charge in [0.2, 0.25) is 0 Å². The van der Waals surface area contributed by atoms with Gasteiger partial charge in [-0.15, -0.1) is 11.6 Å². The molecule has 0 unspecified atom stereocenters. The number of ether oxygens (including phenoxy) is 1. The molecular formula is C14H19ClO. The summed E-state index contributed by atoms with van der Waals surface area (Å²) in [6.07, 6.45) is 3.34. The van der Waals surface area contributed by atoms with Gasteiger partial charge in [-0.3, -0.25) is 0 Å². The average Bonchev–Trinajstić information content (AvgIpc) is 2.27. The van der Waals surface area contributed by atoms with E-state index in [4.69, 9.17) is 16.3 Å². The number of halogens is 1. The van der Waals surface area contributed by atoms with E-state index >= 15 is 0 Å². The molecule has 0 saturated carbocycles. The summed E-state index contributed by atoms with van der Waals surface area (Å²) in [5.41, 5.74) is 2.42. The van der Waals surface area contributed by atoms with Gasteiger partial charge in [-0.25, -0.2) is 0 Å². The molecule has 2 heteroatoms. The molecule has 1 aromatic carbocycles. The second-order valence-corrected chi connectivity index (χ2v) is 4.29. The standard InChI is InChI=1S/C14H19ClO/c1-4-12(10-15)9-13-5-7-14(8-6-13)16-11(2)3/h5-9,11H,4,10H2,1-3H3. The third-order valence-corrected chi connectivity index (χ3v) is 2.59. The van der Waals surface area contributed by atoms with Crippen LogP contribution in [-0.2, 0) is 0 Å². The first-order valence-corrected chi connectivity index (χ1v) is 6.21. The lowest BCUT2D eigenvalue weighted by atomic mass is 10.1. The first kappa shape index (κ1) is 13.1. The van der Waals surface area contributed by atoms with Crippen LogP contribution in [0.1, 0.15) is 32.8 Å². The highest BCUT2D eigenvalue weighted by Crippen LogP contribution is 2.17. The van der Waals surface area contributed by atoms with Gasteiger partial charge in [-0.2, -0.15) is 0 Å². The maximum Gasteiger partial charge on any atom is 0.119 e. The van der Waals surface area contributed by atoms with Crippen LogP contribution in [0.2, 0.25) is 0 Å². The molecule has 0 aliphatic heterocycles. The van der Waals surface area contributed by atoms with Crippen LogP contribution in [0.3, 0.4) is 0 Å². The minimum absolute atomic E-state index is 0.218. The van der Waals surface area contributed by atoms with Crippen molar-refractivity contribution in [1.29, 1.82) is 0 Å². The molecule has 0 aliphatic carbocycles. The van der Waals surface area contributed by atoms with Gasteiger partial charge < -0.3 is 4.74 Å². The molecule has 0 N–H and O–H groups in total. The van der Waals surface area contributed by atoms with Crippen molar-refractivity contribution in [3.05, 3.63) is 35.4 Å². The van der Waals surface area contributed by atoms with Gasteiger partial charge in [-0.1, -0.05) is 30.7 Å². The highest BCUT2D eigenvalue weighted by molar-refractivity contribution is 6.19. The summed E-state index contributed by atoms with van der Waals surface area (Å²) in [7, 11) is 0. The lowest BCUT2D eigenvalue weighted by molar-refractivity contribution is 0.242. The molecule has 1 aromatic rings. The molecule has 0 atom stereocenters. The molecule has 1 nitrogen and oxygen atoms in total. The first-order valence-electron chi connectivity index (χ1n) is 5.67. The molecule has 1 rings (SSSR count). The van der Waals surface area contributed by atoms with Gasteiger partial charge in [0.25, 0.3) is 0 Å². The molecule has 0 radical (unpaired) electrons. The van der Waals surface area contributed by atoms with Crippen LogP contribution >= 0.6 is 11.6 Å². The second kappa shape index (κ2) is 6.59. The van der Waals surface area contributed by atoms with Crippen molar-refractivity contribution in [3.8, 4) is 5.75 Å². The molecule has 0 saturated heterocycles. The van der Waals surface area contributed by atoms with Crippen LogP contribution in [0, 0.1) is 0 Å². The van der Waals surface area contributed by atoms with Crippen LogP contribution < -0.4 is 4.74 Å². The Morgan fingerprint density at radius 2 is 1.94 bits per heavy atom. The van der Waals surface area contributed by atoms with Crippen molar-refractivity contribution in [1.82, 2.24) is 0 Å². The molecule has 0 aliphatic rings. The highest BCUT2D eigenvalue weighted by Gasteiger charge is 1.97. The Labute approximate surface area is 103 Å². The third-order valence-electron chi connectivity index (χ3n) is 2.25. The summed E-state index contributed by atoms with van der Waals surface area (Å²) >= 11 is 5.82. The summed E-state index contributed by atoms with van der Waals surface area (Å²) < 4.78 is 5.58. The molecular weight excluding hydrogens is 220 g/mol. The molecule has 88 valence electrons. The Morgan fingerprint density at radius 3 is 2.38 bits per heavy atom. The number of hydrogen-bond donors (Lipinski definition) is 0. The minimum atomic E-state index is 0.218. The van der Waals surface area contributed by atoms with Crippen molar-refractivity contribution >= 4 is 17.7 Å². The summed E-state index contributed by atoms with van der Waals surface area (Å²) in [5, 5.41) is 0. The van der Waals surface area contributed by atoms with Crippen LogP contribution in [0.4, 0.5) is 0 Å². The van der Waals surface area contributed by atoms with E-state index in [0.29, 0.717) is 5.88 Å². The number of allylic oxidation sites excluding steroid dienone is 1. The lowest BCUT2D eigenvalue weighted by Crippen LogP contribution is -2.05. The molecule has 0 bridgehead atoms. The van der Waals surface area contributed by atoms with Crippen LogP contribution in [0.5, 0.6) is 5.75 Å². The summed E-state index contributed by atoms with van der Waals surface area (Å²) in [4.78, 5) is 0. The Morgan fingerprint density at radius 1 is 1.31 bits per heavy atom. The van der Waals surface area contributed by atoms with E-state index in [1.165, 1.54) is 11.1 Å². The van der Waals surface area contributed by atoms with Crippen molar-refractivity contribution in [3.63, 3.8) is 0 Å². The number of rotatable bonds is 5. The SMILES string of the molecule is CCC(=Cc1ccc(OC(C)C)cc1)CCl. The van der Waals surface area contributed by atoms with Gasteiger partial charge in [0.1, 0.15) is 5.75 Å². The Kier molecular flexibility index (Phi) is 5.41. The smallest absolute Gasteiger partial charge is 0.119 e. The molecule has 0 spiro atoms. The maximum absolute atomic E-state index is 5.82. The van der Waals surface area contributed by atoms with Crippen molar-refractivity contribution < 1.29 is 4.74 Å². The van der Waals surface area contributed by atoms with Crippen LogP contribution in [-0.4, -0.2) is 12.0 Å². The summed E-state index contributed by atoms with van der Waals surface area (Å²) in [6, 6.07) is 8.10. The molecule has 0 amide bonds. The van der Waals surface area contributed by atoms with Gasteiger partial charge in [0.15, 0.2) is 0 Å². The zero-order valence-corrected chi connectivity index (χ0v) is 10.9. The predicted octanol–water partition coefficient (Wildman–Crippen LogP) is 4.51. The topological polar surface area (TPSA) is 9.23 Å². The van der Waals surface area contributed by atoms with E-state index in [2.05, 4.69) is 25.1 Å². The Balaban J connectivity index is 2.74. The number of benzene rings is 1. The lowest BCUT2D eigenvalue weighted by Gasteiger charge is -2.09. The van der Waals surface area contributed by atoms with E-state index in [1.54, 1.807) is 0 Å². The third kappa shape index (κ3) is 4.28. The zero-order valence-electron chi connectivity index (χ0n) is 10.2.